The first-order valence-electron chi connectivity index (χ1n) is 6.75. The van der Waals surface area contributed by atoms with E-state index in [1.165, 1.54) is 0 Å². The van der Waals surface area contributed by atoms with E-state index in [0.29, 0.717) is 17.1 Å². The number of H-pyrrole nitrogens is 1. The van der Waals surface area contributed by atoms with Crippen LogP contribution in [0, 0.1) is 0 Å². The Balaban J connectivity index is 1.78. The molecule has 0 fully saturated rings. The predicted molar refractivity (Wildman–Crippen MR) is 89.0 cm³/mol. The Labute approximate surface area is 132 Å². The van der Waals surface area contributed by atoms with Gasteiger partial charge in [0.15, 0.2) is 5.69 Å². The zero-order valence-electron chi connectivity index (χ0n) is 12.2. The number of carbonyl (C=O) groups excluding carboxylic acids is 1. The molecule has 7 nitrogen and oxygen atoms in total. The Morgan fingerprint density at radius 3 is 2.39 bits per heavy atom. The second kappa shape index (κ2) is 5.73. The first kappa shape index (κ1) is 15.0. The number of fused-ring (bicyclic) bond motifs is 1. The van der Waals surface area contributed by atoms with Gasteiger partial charge in [-0.25, -0.2) is 8.42 Å². The van der Waals surface area contributed by atoms with Gasteiger partial charge in [-0.2, -0.15) is 5.10 Å². The number of sulfonamides is 1. The van der Waals surface area contributed by atoms with Gasteiger partial charge in [0.2, 0.25) is 10.0 Å². The molecule has 1 aromatic heterocycles. The van der Waals surface area contributed by atoms with Crippen molar-refractivity contribution in [2.45, 2.75) is 0 Å². The summed E-state index contributed by atoms with van der Waals surface area (Å²) in [5, 5.41) is 10.3. The second-order valence-corrected chi connectivity index (χ2v) is 6.77. The minimum atomic E-state index is -3.32. The number of anilines is 2. The van der Waals surface area contributed by atoms with Crippen molar-refractivity contribution in [2.75, 3.05) is 16.3 Å². The molecular formula is C15H14N4O3S. The number of aromatic nitrogens is 2. The average molecular weight is 330 g/mol. The van der Waals surface area contributed by atoms with Crippen molar-refractivity contribution in [1.82, 2.24) is 10.2 Å². The van der Waals surface area contributed by atoms with Crippen molar-refractivity contribution in [3.63, 3.8) is 0 Å². The van der Waals surface area contributed by atoms with Crippen molar-refractivity contribution in [3.05, 3.63) is 54.2 Å². The number of rotatable bonds is 4. The molecule has 1 amide bonds. The Kier molecular flexibility index (Phi) is 3.75. The summed E-state index contributed by atoms with van der Waals surface area (Å²) in [6, 6.07) is 13.7. The van der Waals surface area contributed by atoms with E-state index in [1.54, 1.807) is 24.3 Å². The molecule has 2 aromatic carbocycles. The lowest BCUT2D eigenvalue weighted by atomic mass is 10.2. The molecule has 0 radical (unpaired) electrons. The zero-order chi connectivity index (χ0) is 16.4. The van der Waals surface area contributed by atoms with E-state index >= 15 is 0 Å². The molecule has 0 saturated heterocycles. The monoisotopic (exact) mass is 330 g/mol. The Hall–Kier alpha value is -2.87. The van der Waals surface area contributed by atoms with E-state index in [0.717, 1.165) is 17.2 Å². The van der Waals surface area contributed by atoms with Crippen LogP contribution in [0.5, 0.6) is 0 Å². The molecular weight excluding hydrogens is 316 g/mol. The third kappa shape index (κ3) is 3.49. The molecule has 0 aliphatic carbocycles. The maximum atomic E-state index is 12.3. The lowest BCUT2D eigenvalue weighted by Gasteiger charge is -2.06. The molecule has 0 unspecified atom stereocenters. The van der Waals surface area contributed by atoms with Gasteiger partial charge < -0.3 is 5.32 Å². The molecule has 0 saturated carbocycles. The molecule has 3 rings (SSSR count). The lowest BCUT2D eigenvalue weighted by molar-refractivity contribution is 0.102. The maximum Gasteiger partial charge on any atom is 0.276 e. The highest BCUT2D eigenvalue weighted by Gasteiger charge is 2.13. The summed E-state index contributed by atoms with van der Waals surface area (Å²) in [4.78, 5) is 12.3. The van der Waals surface area contributed by atoms with E-state index in [9.17, 15) is 13.2 Å². The normalized spacial score (nSPS) is 11.3. The van der Waals surface area contributed by atoms with Gasteiger partial charge in [0, 0.05) is 16.8 Å². The molecule has 1 heterocycles. The highest BCUT2D eigenvalue weighted by atomic mass is 32.2. The largest absolute Gasteiger partial charge is 0.321 e. The quantitative estimate of drug-likeness (QED) is 0.682. The smallest absolute Gasteiger partial charge is 0.276 e. The molecule has 8 heteroatoms. The average Bonchev–Trinajstić information content (AvgIpc) is 2.92. The summed E-state index contributed by atoms with van der Waals surface area (Å²) in [5.74, 6) is -0.341. The molecule has 0 aliphatic rings. The van der Waals surface area contributed by atoms with Gasteiger partial charge in [0.25, 0.3) is 5.91 Å². The minimum Gasteiger partial charge on any atom is -0.321 e. The molecule has 23 heavy (non-hydrogen) atoms. The number of hydrogen-bond acceptors (Lipinski definition) is 4. The summed E-state index contributed by atoms with van der Waals surface area (Å²) < 4.78 is 24.7. The van der Waals surface area contributed by atoms with Crippen LogP contribution in [0.4, 0.5) is 11.4 Å². The van der Waals surface area contributed by atoms with Gasteiger partial charge >= 0.3 is 0 Å². The van der Waals surface area contributed by atoms with Crippen LogP contribution in [0.3, 0.4) is 0 Å². The number of aromatic amines is 1. The fourth-order valence-corrected chi connectivity index (χ4v) is 2.73. The van der Waals surface area contributed by atoms with Gasteiger partial charge in [-0.3, -0.25) is 14.6 Å². The number of hydrogen-bond donors (Lipinski definition) is 3. The van der Waals surface area contributed by atoms with Gasteiger partial charge in [0.05, 0.1) is 11.8 Å². The fourth-order valence-electron chi connectivity index (χ4n) is 2.16. The molecule has 0 spiro atoms. The van der Waals surface area contributed by atoms with Crippen molar-refractivity contribution >= 4 is 38.2 Å². The number of para-hydroxylation sites is 1. The van der Waals surface area contributed by atoms with Crippen LogP contribution in [0.1, 0.15) is 10.5 Å². The summed E-state index contributed by atoms with van der Waals surface area (Å²) in [5.41, 5.74) is 2.06. The summed E-state index contributed by atoms with van der Waals surface area (Å²) in [6.07, 6.45) is 1.07. The fraction of sp³-hybridized carbons (Fsp3) is 0.0667. The van der Waals surface area contributed by atoms with Crippen LogP contribution >= 0.6 is 0 Å². The molecule has 0 aliphatic heterocycles. The first-order chi connectivity index (χ1) is 10.9. The summed E-state index contributed by atoms with van der Waals surface area (Å²) in [6.45, 7) is 0. The van der Waals surface area contributed by atoms with Crippen molar-refractivity contribution < 1.29 is 13.2 Å². The SMILES string of the molecule is CS(=O)(=O)Nc1ccc(NC(=O)c2n[nH]c3ccccc23)cc1. The van der Waals surface area contributed by atoms with Gasteiger partial charge in [-0.15, -0.1) is 0 Å². The van der Waals surface area contributed by atoms with Crippen molar-refractivity contribution in [1.29, 1.82) is 0 Å². The number of nitrogens with one attached hydrogen (secondary N) is 3. The van der Waals surface area contributed by atoms with E-state index in [4.69, 9.17) is 0 Å². The molecule has 118 valence electrons. The van der Waals surface area contributed by atoms with Crippen LogP contribution < -0.4 is 10.0 Å². The van der Waals surface area contributed by atoms with Crippen molar-refractivity contribution in [2.24, 2.45) is 0 Å². The van der Waals surface area contributed by atoms with Crippen LogP contribution in [-0.2, 0) is 10.0 Å². The van der Waals surface area contributed by atoms with Crippen LogP contribution in [0.15, 0.2) is 48.5 Å². The second-order valence-electron chi connectivity index (χ2n) is 5.02. The Morgan fingerprint density at radius 2 is 1.70 bits per heavy atom. The standard InChI is InChI=1S/C15H14N4O3S/c1-23(21,22)19-11-8-6-10(7-9-11)16-15(20)14-12-4-2-3-5-13(12)17-18-14/h2-9,19H,1H3,(H,16,20)(H,17,18). The molecule has 0 bridgehead atoms. The van der Waals surface area contributed by atoms with E-state index in [2.05, 4.69) is 20.2 Å². The van der Waals surface area contributed by atoms with Gasteiger partial charge in [-0.05, 0) is 30.3 Å². The number of amides is 1. The van der Waals surface area contributed by atoms with E-state index < -0.39 is 10.0 Å². The van der Waals surface area contributed by atoms with Crippen LogP contribution in [0.2, 0.25) is 0 Å². The first-order valence-corrected chi connectivity index (χ1v) is 8.64. The Morgan fingerprint density at radius 1 is 1.04 bits per heavy atom. The highest BCUT2D eigenvalue weighted by molar-refractivity contribution is 7.92. The number of benzene rings is 2. The summed E-state index contributed by atoms with van der Waals surface area (Å²) in [7, 11) is -3.32. The minimum absolute atomic E-state index is 0.305. The van der Waals surface area contributed by atoms with Gasteiger partial charge in [-0.1, -0.05) is 18.2 Å². The molecule has 3 N–H and O–H groups in total. The topological polar surface area (TPSA) is 104 Å². The van der Waals surface area contributed by atoms with Crippen LogP contribution in [0.25, 0.3) is 10.9 Å². The summed E-state index contributed by atoms with van der Waals surface area (Å²) >= 11 is 0. The van der Waals surface area contributed by atoms with Gasteiger partial charge in [0.1, 0.15) is 0 Å². The molecule has 3 aromatic rings. The third-order valence-corrected chi connectivity index (χ3v) is 3.74. The van der Waals surface area contributed by atoms with E-state index in [1.807, 2.05) is 24.3 Å². The zero-order valence-corrected chi connectivity index (χ0v) is 13.0. The molecule has 0 atom stereocenters. The highest BCUT2D eigenvalue weighted by Crippen LogP contribution is 2.18. The number of carbonyl (C=O) groups is 1. The lowest BCUT2D eigenvalue weighted by Crippen LogP contribution is -2.13. The van der Waals surface area contributed by atoms with E-state index in [-0.39, 0.29) is 5.91 Å². The predicted octanol–water partition coefficient (Wildman–Crippen LogP) is 2.19. The third-order valence-electron chi connectivity index (χ3n) is 3.13. The maximum absolute atomic E-state index is 12.3. The van der Waals surface area contributed by atoms with Crippen LogP contribution in [-0.4, -0.2) is 30.8 Å². The Bertz CT molecular complexity index is 962. The van der Waals surface area contributed by atoms with Crippen molar-refractivity contribution in [3.8, 4) is 0 Å². The number of nitrogens with zero attached hydrogens (tertiary/aromatic N) is 1.